The van der Waals surface area contributed by atoms with E-state index in [0.717, 1.165) is 6.42 Å². The summed E-state index contributed by atoms with van der Waals surface area (Å²) >= 11 is 0. The summed E-state index contributed by atoms with van der Waals surface area (Å²) in [6.07, 6.45) is 0.817. The molecule has 0 aliphatic rings. The highest BCUT2D eigenvalue weighted by atomic mass is 16.5. The molecule has 0 unspecified atom stereocenters. The van der Waals surface area contributed by atoms with E-state index in [9.17, 15) is 4.79 Å². The molecule has 0 bridgehead atoms. The molecule has 0 atom stereocenters. The normalized spacial score (nSPS) is 10.3. The molecule has 2 aromatic rings. The molecule has 4 heteroatoms. The Balaban J connectivity index is 1.79. The van der Waals surface area contributed by atoms with Gasteiger partial charge in [0.15, 0.2) is 0 Å². The predicted octanol–water partition coefficient (Wildman–Crippen LogP) is 3.07. The summed E-state index contributed by atoms with van der Waals surface area (Å²) in [5.74, 6) is 0.594. The lowest BCUT2D eigenvalue weighted by Crippen LogP contribution is -2.25. The fourth-order valence-electron chi connectivity index (χ4n) is 2.16. The fraction of sp³-hybridized carbons (Fsp3) is 0.316. The second kappa shape index (κ2) is 9.64. The van der Waals surface area contributed by atoms with E-state index in [4.69, 9.17) is 9.47 Å². The topological polar surface area (TPSA) is 47.6 Å². The van der Waals surface area contributed by atoms with Gasteiger partial charge in [0.1, 0.15) is 12.4 Å². The van der Waals surface area contributed by atoms with Gasteiger partial charge in [-0.1, -0.05) is 36.4 Å². The largest absolute Gasteiger partial charge is 0.491 e. The average Bonchev–Trinajstić information content (AvgIpc) is 2.60. The van der Waals surface area contributed by atoms with Crippen LogP contribution in [0, 0.1) is 0 Å². The van der Waals surface area contributed by atoms with Gasteiger partial charge in [-0.15, -0.1) is 0 Å². The molecule has 0 fully saturated rings. The monoisotopic (exact) mass is 313 g/mol. The molecule has 0 saturated heterocycles. The molecule has 0 saturated carbocycles. The maximum atomic E-state index is 12.2. The van der Waals surface area contributed by atoms with Crippen LogP contribution in [0.4, 0.5) is 0 Å². The standard InChI is InChI=1S/C19H23NO3/c1-2-22-13-14-23-18-10-6-9-17(15-18)19(21)20-12-11-16-7-4-3-5-8-16/h3-10,15H,2,11-14H2,1H3,(H,20,21). The third-order valence-electron chi connectivity index (χ3n) is 3.34. The molecule has 1 amide bonds. The van der Waals surface area contributed by atoms with E-state index < -0.39 is 0 Å². The van der Waals surface area contributed by atoms with E-state index in [0.29, 0.717) is 37.7 Å². The number of ether oxygens (including phenoxy) is 2. The third kappa shape index (κ3) is 6.12. The number of carbonyl (C=O) groups is 1. The van der Waals surface area contributed by atoms with Crippen molar-refractivity contribution in [3.63, 3.8) is 0 Å². The minimum absolute atomic E-state index is 0.0869. The molecule has 0 radical (unpaired) electrons. The first-order valence-corrected chi connectivity index (χ1v) is 7.92. The van der Waals surface area contributed by atoms with Crippen LogP contribution in [0.5, 0.6) is 5.75 Å². The average molecular weight is 313 g/mol. The summed E-state index contributed by atoms with van der Waals surface area (Å²) in [7, 11) is 0. The quantitative estimate of drug-likeness (QED) is 0.724. The molecule has 122 valence electrons. The Morgan fingerprint density at radius 1 is 1.04 bits per heavy atom. The minimum Gasteiger partial charge on any atom is -0.491 e. The second-order valence-corrected chi connectivity index (χ2v) is 5.06. The van der Waals surface area contributed by atoms with Gasteiger partial charge in [0, 0.05) is 18.7 Å². The van der Waals surface area contributed by atoms with Crippen molar-refractivity contribution in [1.82, 2.24) is 5.32 Å². The van der Waals surface area contributed by atoms with Crippen molar-refractivity contribution in [3.05, 3.63) is 65.7 Å². The Morgan fingerprint density at radius 2 is 1.87 bits per heavy atom. The van der Waals surface area contributed by atoms with E-state index in [2.05, 4.69) is 17.4 Å². The van der Waals surface area contributed by atoms with E-state index in [-0.39, 0.29) is 5.91 Å². The molecule has 2 aromatic carbocycles. The zero-order valence-corrected chi connectivity index (χ0v) is 13.5. The lowest BCUT2D eigenvalue weighted by Gasteiger charge is -2.09. The van der Waals surface area contributed by atoms with Gasteiger partial charge < -0.3 is 14.8 Å². The van der Waals surface area contributed by atoms with Crippen LogP contribution in [0.3, 0.4) is 0 Å². The molecule has 0 aliphatic heterocycles. The molecule has 1 N–H and O–H groups in total. The molecule has 0 aliphatic carbocycles. The highest BCUT2D eigenvalue weighted by Crippen LogP contribution is 2.13. The van der Waals surface area contributed by atoms with Gasteiger partial charge in [-0.3, -0.25) is 4.79 Å². The van der Waals surface area contributed by atoms with Crippen LogP contribution in [-0.2, 0) is 11.2 Å². The van der Waals surface area contributed by atoms with Crippen LogP contribution in [0.15, 0.2) is 54.6 Å². The number of rotatable bonds is 9. The zero-order valence-electron chi connectivity index (χ0n) is 13.5. The van der Waals surface area contributed by atoms with Crippen molar-refractivity contribution < 1.29 is 14.3 Å². The third-order valence-corrected chi connectivity index (χ3v) is 3.34. The van der Waals surface area contributed by atoms with Gasteiger partial charge in [0.05, 0.1) is 6.61 Å². The summed E-state index contributed by atoms with van der Waals surface area (Å²) in [6.45, 7) is 4.25. The summed E-state index contributed by atoms with van der Waals surface area (Å²) in [4.78, 5) is 12.2. The smallest absolute Gasteiger partial charge is 0.251 e. The molecule has 2 rings (SSSR count). The van der Waals surface area contributed by atoms with Gasteiger partial charge in [-0.05, 0) is 37.1 Å². The summed E-state index contributed by atoms with van der Waals surface area (Å²) in [5.41, 5.74) is 1.81. The summed E-state index contributed by atoms with van der Waals surface area (Å²) < 4.78 is 10.8. The number of amides is 1. The van der Waals surface area contributed by atoms with Gasteiger partial charge >= 0.3 is 0 Å². The number of benzene rings is 2. The Hall–Kier alpha value is -2.33. The minimum atomic E-state index is -0.0869. The number of hydrogen-bond acceptors (Lipinski definition) is 3. The molecule has 0 spiro atoms. The van der Waals surface area contributed by atoms with E-state index in [1.54, 1.807) is 12.1 Å². The van der Waals surface area contributed by atoms with Crippen LogP contribution in [0.2, 0.25) is 0 Å². The number of nitrogens with one attached hydrogen (secondary N) is 1. The number of carbonyl (C=O) groups excluding carboxylic acids is 1. The molecular weight excluding hydrogens is 290 g/mol. The van der Waals surface area contributed by atoms with Crippen LogP contribution in [-0.4, -0.2) is 32.3 Å². The second-order valence-electron chi connectivity index (χ2n) is 5.06. The Labute approximate surface area is 137 Å². The summed E-state index contributed by atoms with van der Waals surface area (Å²) in [5, 5.41) is 2.93. The van der Waals surface area contributed by atoms with Crippen LogP contribution < -0.4 is 10.1 Å². The summed E-state index contributed by atoms with van der Waals surface area (Å²) in [6, 6.07) is 17.3. The Kier molecular flexibility index (Phi) is 7.14. The van der Waals surface area contributed by atoms with Gasteiger partial charge in [-0.2, -0.15) is 0 Å². The van der Waals surface area contributed by atoms with E-state index >= 15 is 0 Å². The van der Waals surface area contributed by atoms with Gasteiger partial charge in [-0.25, -0.2) is 0 Å². The van der Waals surface area contributed by atoms with Crippen LogP contribution in [0.25, 0.3) is 0 Å². The molecule has 0 heterocycles. The molecule has 4 nitrogen and oxygen atoms in total. The highest BCUT2D eigenvalue weighted by Gasteiger charge is 2.06. The van der Waals surface area contributed by atoms with Gasteiger partial charge in [0.25, 0.3) is 5.91 Å². The lowest BCUT2D eigenvalue weighted by molar-refractivity contribution is 0.0952. The molecule has 0 aromatic heterocycles. The zero-order chi connectivity index (χ0) is 16.3. The SMILES string of the molecule is CCOCCOc1cccc(C(=O)NCCc2ccccc2)c1. The predicted molar refractivity (Wildman–Crippen MR) is 90.9 cm³/mol. The van der Waals surface area contributed by atoms with Crippen LogP contribution >= 0.6 is 0 Å². The first-order valence-electron chi connectivity index (χ1n) is 7.92. The van der Waals surface area contributed by atoms with Crippen molar-refractivity contribution in [2.45, 2.75) is 13.3 Å². The maximum Gasteiger partial charge on any atom is 0.251 e. The maximum absolute atomic E-state index is 12.2. The highest BCUT2D eigenvalue weighted by molar-refractivity contribution is 5.94. The number of hydrogen-bond donors (Lipinski definition) is 1. The molecule has 23 heavy (non-hydrogen) atoms. The fourth-order valence-corrected chi connectivity index (χ4v) is 2.16. The van der Waals surface area contributed by atoms with E-state index in [1.807, 2.05) is 37.3 Å². The van der Waals surface area contributed by atoms with Crippen molar-refractivity contribution in [3.8, 4) is 5.75 Å². The van der Waals surface area contributed by atoms with Crippen molar-refractivity contribution in [1.29, 1.82) is 0 Å². The Bertz CT molecular complexity index is 599. The Morgan fingerprint density at radius 3 is 2.65 bits per heavy atom. The molecular formula is C19H23NO3. The van der Waals surface area contributed by atoms with Crippen molar-refractivity contribution in [2.75, 3.05) is 26.4 Å². The van der Waals surface area contributed by atoms with Gasteiger partial charge in [0.2, 0.25) is 0 Å². The first-order chi connectivity index (χ1) is 11.3. The van der Waals surface area contributed by atoms with Crippen molar-refractivity contribution >= 4 is 5.91 Å². The van der Waals surface area contributed by atoms with Crippen molar-refractivity contribution in [2.24, 2.45) is 0 Å². The lowest BCUT2D eigenvalue weighted by atomic mass is 10.1. The van der Waals surface area contributed by atoms with E-state index in [1.165, 1.54) is 5.56 Å². The van der Waals surface area contributed by atoms with Crippen LogP contribution in [0.1, 0.15) is 22.8 Å². The first kappa shape index (κ1) is 17.0.